The van der Waals surface area contributed by atoms with Crippen LogP contribution in [0.1, 0.15) is 16.1 Å². The van der Waals surface area contributed by atoms with Crippen molar-refractivity contribution in [2.24, 2.45) is 0 Å². The van der Waals surface area contributed by atoms with E-state index in [-0.39, 0.29) is 5.97 Å². The lowest BCUT2D eigenvalue weighted by Crippen LogP contribution is -2.11. The molecule has 9 heteroatoms. The molecule has 0 fully saturated rings. The van der Waals surface area contributed by atoms with Crippen LogP contribution in [0.25, 0.3) is 28.3 Å². The van der Waals surface area contributed by atoms with Gasteiger partial charge in [0.15, 0.2) is 5.65 Å². The normalized spacial score (nSPS) is 11.0. The minimum absolute atomic E-state index is 0.374. The van der Waals surface area contributed by atoms with Gasteiger partial charge in [-0.25, -0.2) is 19.3 Å². The number of methoxy groups -OCH3 is 1. The fourth-order valence-electron chi connectivity index (χ4n) is 3.61. The van der Waals surface area contributed by atoms with E-state index in [0.29, 0.717) is 11.5 Å². The first-order valence-corrected chi connectivity index (χ1v) is 10.3. The number of carbonyl (C=O) groups excluding carboxylic acids is 1. The molecular weight excluding hydrogens is 418 g/mol. The number of fused-ring (bicyclic) bond motifs is 1. The number of esters is 1. The van der Waals surface area contributed by atoms with E-state index >= 15 is 0 Å². The standard InChI is InChI=1S/C24H21N7O2/c1-15-5-4-6-19(27-15)22-21(17-9-12-20-25-14-26-31(20)13-17)28-24(29-22)30(2)18-10-7-16(8-11-18)23(32)33-3/h4-14H,1-3H3,(H,28,29). The van der Waals surface area contributed by atoms with Crippen LogP contribution < -0.4 is 4.90 Å². The first-order valence-electron chi connectivity index (χ1n) is 10.3. The van der Waals surface area contributed by atoms with Crippen molar-refractivity contribution in [2.75, 3.05) is 19.1 Å². The number of pyridine rings is 2. The van der Waals surface area contributed by atoms with Crippen molar-refractivity contribution in [3.8, 4) is 22.6 Å². The van der Waals surface area contributed by atoms with Gasteiger partial charge in [0.25, 0.3) is 0 Å². The zero-order valence-corrected chi connectivity index (χ0v) is 18.4. The maximum atomic E-state index is 11.8. The lowest BCUT2D eigenvalue weighted by atomic mass is 10.1. The first-order chi connectivity index (χ1) is 16.0. The summed E-state index contributed by atoms with van der Waals surface area (Å²) in [6.07, 6.45) is 3.41. The van der Waals surface area contributed by atoms with E-state index in [1.54, 1.807) is 16.6 Å². The molecular formula is C24H21N7O2. The Morgan fingerprint density at radius 2 is 1.88 bits per heavy atom. The van der Waals surface area contributed by atoms with E-state index in [1.165, 1.54) is 13.4 Å². The number of benzene rings is 1. The number of rotatable bonds is 5. The molecule has 9 nitrogen and oxygen atoms in total. The molecule has 0 aliphatic heterocycles. The lowest BCUT2D eigenvalue weighted by molar-refractivity contribution is 0.0601. The number of hydrogen-bond donors (Lipinski definition) is 1. The number of H-pyrrole nitrogens is 1. The Kier molecular flexibility index (Phi) is 5.06. The Labute approximate surface area is 189 Å². The van der Waals surface area contributed by atoms with E-state index < -0.39 is 0 Å². The van der Waals surface area contributed by atoms with Gasteiger partial charge in [0.1, 0.15) is 12.0 Å². The van der Waals surface area contributed by atoms with Gasteiger partial charge in [-0.3, -0.25) is 4.98 Å². The molecule has 0 atom stereocenters. The predicted octanol–water partition coefficient (Wildman–Crippen LogP) is 4.04. The average molecular weight is 439 g/mol. The zero-order chi connectivity index (χ0) is 22.9. The number of aryl methyl sites for hydroxylation is 1. The number of nitrogens with zero attached hydrogens (tertiary/aromatic N) is 6. The highest BCUT2D eigenvalue weighted by Gasteiger charge is 2.19. The molecule has 1 N–H and O–H groups in total. The number of aromatic nitrogens is 6. The number of anilines is 2. The summed E-state index contributed by atoms with van der Waals surface area (Å²) in [7, 11) is 3.27. The third-order valence-electron chi connectivity index (χ3n) is 5.38. The van der Waals surface area contributed by atoms with Crippen LogP contribution in [0.5, 0.6) is 0 Å². The van der Waals surface area contributed by atoms with Gasteiger partial charge in [0, 0.05) is 30.2 Å². The lowest BCUT2D eigenvalue weighted by Gasteiger charge is -2.16. The molecule has 0 radical (unpaired) electrons. The second-order valence-corrected chi connectivity index (χ2v) is 7.53. The Morgan fingerprint density at radius 1 is 1.06 bits per heavy atom. The fraction of sp³-hybridized carbons (Fsp3) is 0.125. The van der Waals surface area contributed by atoms with E-state index in [9.17, 15) is 4.79 Å². The van der Waals surface area contributed by atoms with Gasteiger partial charge in [-0.15, -0.1) is 0 Å². The molecule has 1 aromatic carbocycles. The monoisotopic (exact) mass is 439 g/mol. The molecule has 5 rings (SSSR count). The summed E-state index contributed by atoms with van der Waals surface area (Å²) in [5, 5.41) is 4.24. The van der Waals surface area contributed by atoms with Gasteiger partial charge in [-0.2, -0.15) is 5.10 Å². The third kappa shape index (κ3) is 3.80. The third-order valence-corrected chi connectivity index (χ3v) is 5.38. The first kappa shape index (κ1) is 20.4. The maximum Gasteiger partial charge on any atom is 0.337 e. The van der Waals surface area contributed by atoms with E-state index in [0.717, 1.165) is 39.7 Å². The molecule has 0 saturated carbocycles. The molecule has 0 unspecified atom stereocenters. The van der Waals surface area contributed by atoms with Crippen molar-refractivity contribution in [2.45, 2.75) is 6.92 Å². The number of hydrogen-bond acceptors (Lipinski definition) is 7. The topological polar surface area (TPSA) is 101 Å². The molecule has 4 heterocycles. The summed E-state index contributed by atoms with van der Waals surface area (Å²) in [4.78, 5) is 30.9. The van der Waals surface area contributed by atoms with Crippen molar-refractivity contribution in [3.05, 3.63) is 78.4 Å². The summed E-state index contributed by atoms with van der Waals surface area (Å²) < 4.78 is 6.50. The highest BCUT2D eigenvalue weighted by Crippen LogP contribution is 2.33. The predicted molar refractivity (Wildman–Crippen MR) is 124 cm³/mol. The number of aromatic amines is 1. The van der Waals surface area contributed by atoms with Crippen LogP contribution in [0.4, 0.5) is 11.6 Å². The molecule has 33 heavy (non-hydrogen) atoms. The van der Waals surface area contributed by atoms with Crippen molar-refractivity contribution >= 4 is 23.3 Å². The number of carbonyl (C=O) groups is 1. The van der Waals surface area contributed by atoms with Crippen LogP contribution in [-0.2, 0) is 4.74 Å². The Bertz CT molecular complexity index is 1450. The number of ether oxygens (including phenoxy) is 1. The summed E-state index contributed by atoms with van der Waals surface area (Å²) in [5.74, 6) is 0.258. The number of imidazole rings is 1. The summed E-state index contributed by atoms with van der Waals surface area (Å²) in [6, 6.07) is 16.9. The Hall–Kier alpha value is -4.53. The van der Waals surface area contributed by atoms with E-state index in [1.807, 2.05) is 67.5 Å². The molecule has 0 amide bonds. The Morgan fingerprint density at radius 3 is 2.64 bits per heavy atom. The van der Waals surface area contributed by atoms with E-state index in [2.05, 4.69) is 15.1 Å². The minimum Gasteiger partial charge on any atom is -0.465 e. The fourth-order valence-corrected chi connectivity index (χ4v) is 3.61. The van der Waals surface area contributed by atoms with Gasteiger partial charge >= 0.3 is 5.97 Å². The molecule has 0 bridgehead atoms. The largest absolute Gasteiger partial charge is 0.465 e. The summed E-state index contributed by atoms with van der Waals surface area (Å²) in [6.45, 7) is 1.96. The van der Waals surface area contributed by atoms with Gasteiger partial charge < -0.3 is 14.6 Å². The molecule has 5 aromatic rings. The number of nitrogens with one attached hydrogen (secondary N) is 1. The molecule has 4 aromatic heterocycles. The van der Waals surface area contributed by atoms with Crippen molar-refractivity contribution in [1.29, 1.82) is 0 Å². The molecule has 0 spiro atoms. The smallest absolute Gasteiger partial charge is 0.337 e. The van der Waals surface area contributed by atoms with Crippen molar-refractivity contribution in [3.63, 3.8) is 0 Å². The Balaban J connectivity index is 1.60. The average Bonchev–Trinajstić information content (AvgIpc) is 3.50. The van der Waals surface area contributed by atoms with Gasteiger partial charge in [0.2, 0.25) is 5.95 Å². The summed E-state index contributed by atoms with van der Waals surface area (Å²) >= 11 is 0. The van der Waals surface area contributed by atoms with Crippen LogP contribution in [-0.4, -0.2) is 49.7 Å². The van der Waals surface area contributed by atoms with Crippen LogP contribution >= 0.6 is 0 Å². The second kappa shape index (κ2) is 8.19. The van der Waals surface area contributed by atoms with Gasteiger partial charge in [-0.05, 0) is 55.5 Å². The minimum atomic E-state index is -0.374. The van der Waals surface area contributed by atoms with Crippen molar-refractivity contribution in [1.82, 2.24) is 29.5 Å². The quantitative estimate of drug-likeness (QED) is 0.412. The SMILES string of the molecule is COC(=O)c1ccc(N(C)c2nc(-c3ccc4ncnn4c3)c(-c3cccc(C)n3)[nH]2)cc1. The van der Waals surface area contributed by atoms with Crippen LogP contribution in [0, 0.1) is 6.92 Å². The van der Waals surface area contributed by atoms with Crippen LogP contribution in [0.2, 0.25) is 0 Å². The van der Waals surface area contributed by atoms with E-state index in [4.69, 9.17) is 14.7 Å². The second-order valence-electron chi connectivity index (χ2n) is 7.53. The summed E-state index contributed by atoms with van der Waals surface area (Å²) in [5.41, 5.74) is 6.23. The molecule has 0 aliphatic carbocycles. The van der Waals surface area contributed by atoms with Gasteiger partial charge in [0.05, 0.1) is 24.1 Å². The highest BCUT2D eigenvalue weighted by atomic mass is 16.5. The van der Waals surface area contributed by atoms with Gasteiger partial charge in [-0.1, -0.05) is 6.07 Å². The maximum absolute atomic E-state index is 11.8. The zero-order valence-electron chi connectivity index (χ0n) is 18.4. The van der Waals surface area contributed by atoms with Crippen LogP contribution in [0.3, 0.4) is 0 Å². The van der Waals surface area contributed by atoms with Crippen molar-refractivity contribution < 1.29 is 9.53 Å². The highest BCUT2D eigenvalue weighted by molar-refractivity contribution is 5.90. The molecule has 0 aliphatic rings. The van der Waals surface area contributed by atoms with Crippen LogP contribution in [0.15, 0.2) is 67.1 Å². The molecule has 0 saturated heterocycles. The molecule has 164 valence electrons.